The summed E-state index contributed by atoms with van der Waals surface area (Å²) in [6, 6.07) is -1.27. The topological polar surface area (TPSA) is 87.7 Å². The molecule has 0 radical (unpaired) electrons. The molecule has 1 aliphatic rings. The van der Waals surface area contributed by atoms with Gasteiger partial charge in [-0.15, -0.1) is 0 Å². The van der Waals surface area contributed by atoms with E-state index in [1.165, 1.54) is 0 Å². The van der Waals surface area contributed by atoms with Gasteiger partial charge in [-0.2, -0.15) is 0 Å². The van der Waals surface area contributed by atoms with Crippen molar-refractivity contribution in [3.05, 3.63) is 0 Å². The lowest BCUT2D eigenvalue weighted by Crippen LogP contribution is -2.46. The van der Waals surface area contributed by atoms with Crippen molar-refractivity contribution in [2.75, 3.05) is 20.3 Å². The number of hydrogen-bond acceptors (Lipinski definition) is 3. The summed E-state index contributed by atoms with van der Waals surface area (Å²) in [6.45, 7) is 5.40. The maximum Gasteiger partial charge on any atom is 0.326 e. The molecule has 110 valence electrons. The standard InChI is InChI=1S/C13H24N2O4/c1-13(2)7-9(13)8-14-12(18)15-10(11(16)17)5-4-6-19-3/h9-10H,4-8H2,1-3H3,(H,16,17)(H2,14,15,18). The highest BCUT2D eigenvalue weighted by Gasteiger charge is 2.45. The molecule has 2 atom stereocenters. The van der Waals surface area contributed by atoms with Crippen molar-refractivity contribution < 1.29 is 19.4 Å². The van der Waals surface area contributed by atoms with Crippen LogP contribution < -0.4 is 10.6 Å². The second kappa shape index (κ2) is 6.75. The Morgan fingerprint density at radius 1 is 1.47 bits per heavy atom. The van der Waals surface area contributed by atoms with Crippen molar-refractivity contribution in [3.8, 4) is 0 Å². The van der Waals surface area contributed by atoms with Gasteiger partial charge in [0.05, 0.1) is 0 Å². The zero-order chi connectivity index (χ0) is 14.5. The van der Waals surface area contributed by atoms with E-state index in [1.54, 1.807) is 7.11 Å². The summed E-state index contributed by atoms with van der Waals surface area (Å²) >= 11 is 0. The molecule has 0 saturated heterocycles. The number of carbonyl (C=O) groups is 2. The molecule has 1 rings (SSSR count). The Hall–Kier alpha value is -1.30. The van der Waals surface area contributed by atoms with Gasteiger partial charge < -0.3 is 20.5 Å². The summed E-state index contributed by atoms with van der Waals surface area (Å²) in [5.74, 6) is -0.520. The summed E-state index contributed by atoms with van der Waals surface area (Å²) in [7, 11) is 1.56. The smallest absolute Gasteiger partial charge is 0.326 e. The van der Waals surface area contributed by atoms with E-state index in [4.69, 9.17) is 9.84 Å². The van der Waals surface area contributed by atoms with E-state index in [1.807, 2.05) is 0 Å². The Balaban J connectivity index is 2.25. The molecule has 1 fully saturated rings. The molecule has 19 heavy (non-hydrogen) atoms. The highest BCUT2D eigenvalue weighted by atomic mass is 16.5. The fourth-order valence-electron chi connectivity index (χ4n) is 2.04. The Bertz CT molecular complexity index is 331. The van der Waals surface area contributed by atoms with Crippen molar-refractivity contribution in [2.45, 2.75) is 39.2 Å². The molecule has 6 nitrogen and oxygen atoms in total. The predicted molar refractivity (Wildman–Crippen MR) is 71.0 cm³/mol. The molecule has 2 amide bonds. The zero-order valence-electron chi connectivity index (χ0n) is 11.9. The molecule has 0 aromatic heterocycles. The summed E-state index contributed by atoms with van der Waals surface area (Å²) in [5, 5.41) is 14.2. The molecular weight excluding hydrogens is 248 g/mol. The van der Waals surface area contributed by atoms with Crippen LogP contribution in [-0.4, -0.2) is 43.4 Å². The molecule has 0 bridgehead atoms. The highest BCUT2D eigenvalue weighted by molar-refractivity contribution is 5.82. The normalized spacial score (nSPS) is 21.5. The Labute approximate surface area is 113 Å². The maximum absolute atomic E-state index is 11.6. The van der Waals surface area contributed by atoms with Gasteiger partial charge in [-0.25, -0.2) is 9.59 Å². The summed E-state index contributed by atoms with van der Waals surface area (Å²) in [4.78, 5) is 22.6. The van der Waals surface area contributed by atoms with Crippen molar-refractivity contribution in [1.82, 2.24) is 10.6 Å². The van der Waals surface area contributed by atoms with Crippen LogP contribution in [-0.2, 0) is 9.53 Å². The third-order valence-electron chi connectivity index (χ3n) is 3.67. The number of methoxy groups -OCH3 is 1. The lowest BCUT2D eigenvalue weighted by Gasteiger charge is -2.15. The first kappa shape index (κ1) is 15.8. The average Bonchev–Trinajstić information content (AvgIpc) is 2.93. The summed E-state index contributed by atoms with van der Waals surface area (Å²) in [6.07, 6.45) is 2.07. The van der Waals surface area contributed by atoms with Crippen LogP contribution in [0.3, 0.4) is 0 Å². The number of aliphatic carboxylic acids is 1. The van der Waals surface area contributed by atoms with E-state index >= 15 is 0 Å². The van der Waals surface area contributed by atoms with Crippen LogP contribution in [0.5, 0.6) is 0 Å². The van der Waals surface area contributed by atoms with Gasteiger partial charge in [-0.3, -0.25) is 0 Å². The van der Waals surface area contributed by atoms with Crippen LogP contribution in [0.15, 0.2) is 0 Å². The van der Waals surface area contributed by atoms with E-state index in [0.717, 1.165) is 6.42 Å². The number of nitrogens with one attached hydrogen (secondary N) is 2. The third kappa shape index (κ3) is 5.46. The van der Waals surface area contributed by atoms with Gasteiger partial charge in [0.1, 0.15) is 6.04 Å². The molecule has 0 aliphatic heterocycles. The molecule has 1 aliphatic carbocycles. The molecular formula is C13H24N2O4. The van der Waals surface area contributed by atoms with Crippen molar-refractivity contribution in [1.29, 1.82) is 0 Å². The molecule has 0 aromatic carbocycles. The first-order valence-corrected chi connectivity index (χ1v) is 6.63. The fraction of sp³-hybridized carbons (Fsp3) is 0.846. The molecule has 0 aromatic rings. The fourth-order valence-corrected chi connectivity index (χ4v) is 2.04. The predicted octanol–water partition coefficient (Wildman–Crippen LogP) is 1.21. The number of carboxylic acids is 1. The Morgan fingerprint density at radius 2 is 2.11 bits per heavy atom. The van der Waals surface area contributed by atoms with Gasteiger partial charge >= 0.3 is 12.0 Å². The largest absolute Gasteiger partial charge is 0.480 e. The minimum Gasteiger partial charge on any atom is -0.480 e. The molecule has 0 spiro atoms. The van der Waals surface area contributed by atoms with Gasteiger partial charge in [0, 0.05) is 20.3 Å². The quantitative estimate of drug-likeness (QED) is 0.580. The van der Waals surface area contributed by atoms with Crippen molar-refractivity contribution >= 4 is 12.0 Å². The molecule has 1 saturated carbocycles. The number of amides is 2. The molecule has 0 heterocycles. The monoisotopic (exact) mass is 272 g/mol. The number of ether oxygens (including phenoxy) is 1. The first-order valence-electron chi connectivity index (χ1n) is 6.63. The number of rotatable bonds is 8. The zero-order valence-corrected chi connectivity index (χ0v) is 11.9. The van der Waals surface area contributed by atoms with Gasteiger partial charge in [-0.1, -0.05) is 13.8 Å². The second-order valence-corrected chi connectivity index (χ2v) is 5.77. The van der Waals surface area contributed by atoms with E-state index in [2.05, 4.69) is 24.5 Å². The van der Waals surface area contributed by atoms with Crippen LogP contribution in [0.2, 0.25) is 0 Å². The van der Waals surface area contributed by atoms with E-state index < -0.39 is 18.0 Å². The van der Waals surface area contributed by atoms with Crippen molar-refractivity contribution in [3.63, 3.8) is 0 Å². The average molecular weight is 272 g/mol. The minimum absolute atomic E-state index is 0.304. The number of carboxylic acid groups (broad SMARTS) is 1. The van der Waals surface area contributed by atoms with Crippen molar-refractivity contribution in [2.24, 2.45) is 11.3 Å². The molecule has 3 N–H and O–H groups in total. The third-order valence-corrected chi connectivity index (χ3v) is 3.67. The SMILES string of the molecule is COCCCC(NC(=O)NCC1CC1(C)C)C(=O)O. The van der Waals surface area contributed by atoms with E-state index in [0.29, 0.717) is 37.3 Å². The lowest BCUT2D eigenvalue weighted by atomic mass is 10.1. The van der Waals surface area contributed by atoms with Gasteiger partial charge in [0.15, 0.2) is 0 Å². The van der Waals surface area contributed by atoms with Crippen LogP contribution in [0, 0.1) is 11.3 Å². The second-order valence-electron chi connectivity index (χ2n) is 5.77. The highest BCUT2D eigenvalue weighted by Crippen LogP contribution is 2.50. The number of carbonyl (C=O) groups excluding carboxylic acids is 1. The Morgan fingerprint density at radius 3 is 2.58 bits per heavy atom. The van der Waals surface area contributed by atoms with Crippen LogP contribution in [0.4, 0.5) is 4.79 Å². The number of urea groups is 1. The summed E-state index contributed by atoms with van der Waals surface area (Å²) in [5.41, 5.74) is 0.304. The lowest BCUT2D eigenvalue weighted by molar-refractivity contribution is -0.139. The maximum atomic E-state index is 11.6. The van der Waals surface area contributed by atoms with Crippen LogP contribution in [0.25, 0.3) is 0 Å². The van der Waals surface area contributed by atoms with Gasteiger partial charge in [0.2, 0.25) is 0 Å². The van der Waals surface area contributed by atoms with E-state index in [-0.39, 0.29) is 0 Å². The summed E-state index contributed by atoms with van der Waals surface area (Å²) < 4.78 is 4.87. The van der Waals surface area contributed by atoms with E-state index in [9.17, 15) is 9.59 Å². The van der Waals surface area contributed by atoms with Gasteiger partial charge in [0.25, 0.3) is 0 Å². The van der Waals surface area contributed by atoms with Crippen LogP contribution >= 0.6 is 0 Å². The molecule has 2 unspecified atom stereocenters. The Kier molecular flexibility index (Phi) is 5.60. The number of hydrogen-bond donors (Lipinski definition) is 3. The minimum atomic E-state index is -1.02. The van der Waals surface area contributed by atoms with Gasteiger partial charge in [-0.05, 0) is 30.6 Å². The van der Waals surface area contributed by atoms with Crippen LogP contribution in [0.1, 0.15) is 33.1 Å². The first-order chi connectivity index (χ1) is 8.86. The molecule has 6 heteroatoms.